The highest BCUT2D eigenvalue weighted by Gasteiger charge is 2.02. The molecule has 5 heteroatoms. The molecule has 0 radical (unpaired) electrons. The van der Waals surface area contributed by atoms with Gasteiger partial charge in [0.15, 0.2) is 0 Å². The van der Waals surface area contributed by atoms with Crippen molar-refractivity contribution in [3.63, 3.8) is 0 Å². The molecule has 1 heterocycles. The minimum Gasteiger partial charge on any atom is -1.00 e. The molecule has 0 aliphatic rings. The number of hydrogen-bond donors (Lipinski definition) is 0. The fraction of sp³-hybridized carbons (Fsp3) is 0.545. The molecule has 0 aliphatic carbocycles. The summed E-state index contributed by atoms with van der Waals surface area (Å²) in [5, 5.41) is 16.8. The normalized spacial score (nSPS) is 8.88. The summed E-state index contributed by atoms with van der Waals surface area (Å²) in [6.07, 6.45) is 9.14. The van der Waals surface area contributed by atoms with Gasteiger partial charge in [-0.2, -0.15) is 10.5 Å². The van der Waals surface area contributed by atoms with Crippen LogP contribution in [0.2, 0.25) is 0 Å². The predicted molar refractivity (Wildman–Crippen MR) is 54.3 cm³/mol. The van der Waals surface area contributed by atoms with Gasteiger partial charge in [-0.15, -0.1) is 0 Å². The molecule has 0 bridgehead atoms. The molecular weight excluding hydrogens is 224 g/mol. The second-order valence-electron chi connectivity index (χ2n) is 3.41. The molecule has 0 saturated carbocycles. The van der Waals surface area contributed by atoms with Crippen molar-refractivity contribution in [2.24, 2.45) is 0 Å². The number of imidazole rings is 1. The molecule has 0 atom stereocenters. The molecule has 0 amide bonds. The van der Waals surface area contributed by atoms with Gasteiger partial charge in [-0.3, -0.25) is 0 Å². The van der Waals surface area contributed by atoms with E-state index in [2.05, 4.69) is 16.7 Å². The van der Waals surface area contributed by atoms with Gasteiger partial charge in [-0.1, -0.05) is 0 Å². The number of hydrogen-bond acceptors (Lipinski definition) is 2. The number of nitrogens with zero attached hydrogens (tertiary/aromatic N) is 4. The maximum Gasteiger partial charge on any atom is 0.243 e. The minimum atomic E-state index is 0. The third-order valence-electron chi connectivity index (χ3n) is 2.18. The first-order chi connectivity index (χ1) is 7.36. The number of nitriles is 2. The van der Waals surface area contributed by atoms with Crippen LogP contribution in [-0.2, 0) is 13.1 Å². The highest BCUT2D eigenvalue weighted by Crippen LogP contribution is 1.97. The fourth-order valence-corrected chi connectivity index (χ4v) is 1.38. The van der Waals surface area contributed by atoms with Crippen molar-refractivity contribution in [2.45, 2.75) is 38.8 Å². The van der Waals surface area contributed by atoms with Crippen LogP contribution in [0.15, 0.2) is 18.7 Å². The monoisotopic (exact) mass is 238 g/mol. The zero-order valence-corrected chi connectivity index (χ0v) is 9.90. The Balaban J connectivity index is 0.00000225. The summed E-state index contributed by atoms with van der Waals surface area (Å²) in [6, 6.07) is 4.26. The van der Waals surface area contributed by atoms with Gasteiger partial charge in [0.2, 0.25) is 6.33 Å². The number of halogens is 1. The van der Waals surface area contributed by atoms with Crippen LogP contribution in [0.4, 0.5) is 0 Å². The number of unbranched alkanes of at least 4 members (excludes halogenated alkanes) is 2. The Morgan fingerprint density at radius 1 is 1.12 bits per heavy atom. The van der Waals surface area contributed by atoms with Gasteiger partial charge in [-0.05, 0) is 12.8 Å². The fourth-order valence-electron chi connectivity index (χ4n) is 1.38. The van der Waals surface area contributed by atoms with Crippen LogP contribution < -0.4 is 17.0 Å². The van der Waals surface area contributed by atoms with Crippen molar-refractivity contribution in [3.05, 3.63) is 18.7 Å². The van der Waals surface area contributed by atoms with E-state index in [0.29, 0.717) is 12.8 Å². The lowest BCUT2D eigenvalue weighted by Crippen LogP contribution is -3.00. The molecule has 0 N–H and O–H groups in total. The van der Waals surface area contributed by atoms with E-state index in [4.69, 9.17) is 10.5 Å². The summed E-state index contributed by atoms with van der Waals surface area (Å²) in [5.41, 5.74) is 0. The van der Waals surface area contributed by atoms with E-state index in [0.717, 1.165) is 25.9 Å². The molecule has 0 fully saturated rings. The zero-order chi connectivity index (χ0) is 10.9. The molecular formula is C11H15ClN4. The molecule has 4 nitrogen and oxygen atoms in total. The first kappa shape index (κ1) is 14.5. The molecule has 0 unspecified atom stereocenters. The molecule has 1 rings (SSSR count). The summed E-state index contributed by atoms with van der Waals surface area (Å²) < 4.78 is 4.10. The van der Waals surface area contributed by atoms with Crippen molar-refractivity contribution in [1.82, 2.24) is 4.57 Å². The smallest absolute Gasteiger partial charge is 0.243 e. The van der Waals surface area contributed by atoms with Crippen LogP contribution in [0.3, 0.4) is 0 Å². The predicted octanol–water partition coefficient (Wildman–Crippen LogP) is -1.61. The van der Waals surface area contributed by atoms with Crippen LogP contribution in [0.5, 0.6) is 0 Å². The molecule has 0 saturated heterocycles. The Labute approximate surface area is 102 Å². The first-order valence-corrected chi connectivity index (χ1v) is 5.15. The average Bonchev–Trinajstić information content (AvgIpc) is 2.69. The van der Waals surface area contributed by atoms with Crippen LogP contribution in [-0.4, -0.2) is 4.57 Å². The van der Waals surface area contributed by atoms with E-state index in [1.807, 2.05) is 23.3 Å². The van der Waals surface area contributed by atoms with Crippen molar-refractivity contribution in [1.29, 1.82) is 10.5 Å². The van der Waals surface area contributed by atoms with Gasteiger partial charge in [0.1, 0.15) is 18.9 Å². The molecule has 0 aromatic carbocycles. The topological polar surface area (TPSA) is 56.4 Å². The van der Waals surface area contributed by atoms with E-state index in [-0.39, 0.29) is 12.4 Å². The molecule has 86 valence electrons. The molecule has 16 heavy (non-hydrogen) atoms. The molecule has 1 aromatic rings. The first-order valence-electron chi connectivity index (χ1n) is 5.15. The largest absolute Gasteiger partial charge is 1.00 e. The summed E-state index contributed by atoms with van der Waals surface area (Å²) in [6.45, 7) is 1.70. The lowest BCUT2D eigenvalue weighted by Gasteiger charge is -1.93. The SMILES string of the molecule is N#CCCCCn1cc[n+](CCC#N)c1.[Cl-]. The number of aromatic nitrogens is 2. The van der Waals surface area contributed by atoms with Gasteiger partial charge in [-0.25, -0.2) is 9.13 Å². The van der Waals surface area contributed by atoms with Gasteiger partial charge in [0, 0.05) is 6.42 Å². The van der Waals surface area contributed by atoms with E-state index >= 15 is 0 Å². The van der Waals surface area contributed by atoms with Gasteiger partial charge < -0.3 is 12.4 Å². The lowest BCUT2D eigenvalue weighted by atomic mass is 10.2. The summed E-state index contributed by atoms with van der Waals surface area (Å²) >= 11 is 0. The number of rotatable bonds is 6. The molecule has 0 aliphatic heterocycles. The standard InChI is InChI=1S/C11H15N4.ClH/c12-5-2-1-3-7-14-9-10-15(11-14)8-4-6-13;/h9-11H,1-4,7-8H2;1H/q+1;/p-1. The van der Waals surface area contributed by atoms with Crippen LogP contribution in [0.1, 0.15) is 25.7 Å². The molecule has 0 spiro atoms. The second kappa shape index (κ2) is 8.76. The highest BCUT2D eigenvalue weighted by atomic mass is 35.5. The summed E-state index contributed by atoms with van der Waals surface area (Å²) in [7, 11) is 0. The van der Waals surface area contributed by atoms with Crippen molar-refractivity contribution in [2.75, 3.05) is 0 Å². The highest BCUT2D eigenvalue weighted by molar-refractivity contribution is 4.71. The van der Waals surface area contributed by atoms with Crippen molar-refractivity contribution >= 4 is 0 Å². The van der Waals surface area contributed by atoms with E-state index < -0.39 is 0 Å². The lowest BCUT2D eigenvalue weighted by molar-refractivity contribution is -0.695. The Bertz CT molecular complexity index is 372. The maximum atomic E-state index is 8.43. The average molecular weight is 239 g/mol. The summed E-state index contributed by atoms with van der Waals surface area (Å²) in [5.74, 6) is 0. The maximum absolute atomic E-state index is 8.43. The third kappa shape index (κ3) is 5.38. The van der Waals surface area contributed by atoms with Crippen molar-refractivity contribution < 1.29 is 17.0 Å². The Morgan fingerprint density at radius 3 is 2.56 bits per heavy atom. The van der Waals surface area contributed by atoms with Gasteiger partial charge in [0.05, 0.1) is 25.1 Å². The van der Waals surface area contributed by atoms with E-state index in [1.54, 1.807) is 0 Å². The Hall–Kier alpha value is -1.52. The quantitative estimate of drug-likeness (QED) is 0.442. The van der Waals surface area contributed by atoms with Crippen LogP contribution >= 0.6 is 0 Å². The zero-order valence-electron chi connectivity index (χ0n) is 9.14. The van der Waals surface area contributed by atoms with Crippen LogP contribution in [0.25, 0.3) is 0 Å². The van der Waals surface area contributed by atoms with Gasteiger partial charge >= 0.3 is 0 Å². The molecule has 1 aromatic heterocycles. The summed E-state index contributed by atoms with van der Waals surface area (Å²) in [4.78, 5) is 0. The second-order valence-corrected chi connectivity index (χ2v) is 3.41. The Kier molecular flexibility index (Phi) is 7.93. The van der Waals surface area contributed by atoms with E-state index in [9.17, 15) is 0 Å². The van der Waals surface area contributed by atoms with Crippen LogP contribution in [0, 0.1) is 22.7 Å². The minimum absolute atomic E-state index is 0. The Morgan fingerprint density at radius 2 is 1.88 bits per heavy atom. The van der Waals surface area contributed by atoms with E-state index in [1.165, 1.54) is 0 Å². The van der Waals surface area contributed by atoms with Crippen molar-refractivity contribution in [3.8, 4) is 12.1 Å². The third-order valence-corrected chi connectivity index (χ3v) is 2.18. The van der Waals surface area contributed by atoms with Gasteiger partial charge in [0.25, 0.3) is 0 Å². The number of aryl methyl sites for hydroxylation is 2.